The number of benzene rings is 2. The highest BCUT2D eigenvalue weighted by atomic mass is 16.7. The quantitative estimate of drug-likeness (QED) is 0.515. The summed E-state index contributed by atoms with van der Waals surface area (Å²) in [6.07, 6.45) is 2.57. The minimum atomic E-state index is -0.362. The maximum atomic E-state index is 13.1. The van der Waals surface area contributed by atoms with E-state index < -0.39 is 0 Å². The van der Waals surface area contributed by atoms with Crippen LogP contribution in [-0.2, 0) is 9.59 Å². The van der Waals surface area contributed by atoms with Gasteiger partial charge in [0.1, 0.15) is 5.69 Å². The van der Waals surface area contributed by atoms with Gasteiger partial charge in [-0.25, -0.2) is 0 Å². The predicted molar refractivity (Wildman–Crippen MR) is 129 cm³/mol. The van der Waals surface area contributed by atoms with E-state index in [0.717, 1.165) is 0 Å². The zero-order valence-corrected chi connectivity index (χ0v) is 19.4. The lowest BCUT2D eigenvalue weighted by Gasteiger charge is -2.37. The van der Waals surface area contributed by atoms with E-state index in [1.54, 1.807) is 36.4 Å². The number of nitrogens with one attached hydrogen (secondary N) is 1. The van der Waals surface area contributed by atoms with Gasteiger partial charge in [0.25, 0.3) is 5.69 Å². The third-order valence-electron chi connectivity index (χ3n) is 7.08. The van der Waals surface area contributed by atoms with Crippen molar-refractivity contribution in [3.8, 4) is 11.5 Å². The van der Waals surface area contributed by atoms with Gasteiger partial charge in [-0.05, 0) is 43.9 Å². The lowest BCUT2D eigenvalue weighted by molar-refractivity contribution is -0.384. The van der Waals surface area contributed by atoms with Crippen LogP contribution in [0.1, 0.15) is 25.7 Å². The molecule has 2 fully saturated rings. The third-order valence-corrected chi connectivity index (χ3v) is 7.08. The molecule has 3 heterocycles. The van der Waals surface area contributed by atoms with E-state index in [4.69, 9.17) is 9.47 Å². The smallest absolute Gasteiger partial charge is 0.292 e. The Bertz CT molecular complexity index is 1120. The van der Waals surface area contributed by atoms with Crippen molar-refractivity contribution in [2.45, 2.75) is 25.7 Å². The first-order chi connectivity index (χ1) is 17.0. The summed E-state index contributed by atoms with van der Waals surface area (Å²) in [4.78, 5) is 40.7. The summed E-state index contributed by atoms with van der Waals surface area (Å²) < 4.78 is 10.7. The highest BCUT2D eigenvalue weighted by molar-refractivity contribution is 5.93. The number of ether oxygens (including phenoxy) is 2. The molecule has 35 heavy (non-hydrogen) atoms. The molecule has 0 bridgehead atoms. The Kier molecular flexibility index (Phi) is 6.43. The number of likely N-dealkylation sites (tertiary alicyclic amines) is 1. The Morgan fingerprint density at radius 2 is 1.60 bits per heavy atom. The van der Waals surface area contributed by atoms with Crippen LogP contribution in [0.15, 0.2) is 42.5 Å². The van der Waals surface area contributed by atoms with E-state index in [1.165, 1.54) is 6.07 Å². The number of nitro benzene ring substituents is 1. The zero-order chi connectivity index (χ0) is 24.4. The Morgan fingerprint density at radius 3 is 2.34 bits per heavy atom. The molecule has 0 radical (unpaired) electrons. The summed E-state index contributed by atoms with van der Waals surface area (Å²) in [5, 5.41) is 14.3. The number of carbonyl (C=O) groups excluding carboxylic acids is 2. The number of nitrogens with zero attached hydrogens (tertiary/aromatic N) is 3. The molecule has 184 valence electrons. The first kappa shape index (κ1) is 22.9. The molecule has 3 aliphatic heterocycles. The second-order valence-electron chi connectivity index (χ2n) is 9.16. The summed E-state index contributed by atoms with van der Waals surface area (Å²) in [6, 6.07) is 12.1. The number of hydrogen-bond acceptors (Lipinski definition) is 7. The van der Waals surface area contributed by atoms with Crippen LogP contribution in [-0.4, -0.2) is 54.6 Å². The molecule has 10 nitrogen and oxygen atoms in total. The molecule has 2 saturated heterocycles. The number of anilines is 2. The SMILES string of the molecule is O=C(Nc1ccc2c(c1)OCO2)C1CCN(C(=O)C2CCN(c3ccccc3[N+](=O)[O-])CC2)CC1. The summed E-state index contributed by atoms with van der Waals surface area (Å²) >= 11 is 0. The second kappa shape index (κ2) is 9.81. The van der Waals surface area contributed by atoms with Crippen molar-refractivity contribution in [2.24, 2.45) is 11.8 Å². The van der Waals surface area contributed by atoms with Gasteiger partial charge in [0, 0.05) is 55.8 Å². The van der Waals surface area contributed by atoms with Crippen molar-refractivity contribution in [2.75, 3.05) is 43.2 Å². The van der Waals surface area contributed by atoms with Crippen LogP contribution in [0, 0.1) is 22.0 Å². The number of rotatable bonds is 5. The highest BCUT2D eigenvalue weighted by Crippen LogP contribution is 2.35. The van der Waals surface area contributed by atoms with Gasteiger partial charge >= 0.3 is 0 Å². The lowest BCUT2D eigenvalue weighted by atomic mass is 9.91. The van der Waals surface area contributed by atoms with Gasteiger partial charge in [-0.15, -0.1) is 0 Å². The summed E-state index contributed by atoms with van der Waals surface area (Å²) in [7, 11) is 0. The molecule has 0 saturated carbocycles. The predicted octanol–water partition coefficient (Wildman–Crippen LogP) is 3.42. The van der Waals surface area contributed by atoms with E-state index in [9.17, 15) is 19.7 Å². The standard InChI is InChI=1S/C25H28N4O6/c30-24(26-19-5-6-22-23(15-19)35-16-34-22)17-7-13-28(14-8-17)25(31)18-9-11-27(12-10-18)20-3-1-2-4-21(20)29(32)33/h1-6,15,17-18H,7-14,16H2,(H,26,30). The van der Waals surface area contributed by atoms with Crippen LogP contribution >= 0.6 is 0 Å². The van der Waals surface area contributed by atoms with Gasteiger partial charge < -0.3 is 24.6 Å². The molecule has 3 aliphatic rings. The molecule has 0 aromatic heterocycles. The average Bonchev–Trinajstić information content (AvgIpc) is 3.36. The maximum Gasteiger partial charge on any atom is 0.292 e. The first-order valence-electron chi connectivity index (χ1n) is 12.0. The van der Waals surface area contributed by atoms with Crippen molar-refractivity contribution >= 4 is 28.9 Å². The summed E-state index contributed by atoms with van der Waals surface area (Å²) in [6.45, 7) is 2.51. The lowest BCUT2D eigenvalue weighted by Crippen LogP contribution is -2.46. The molecule has 5 rings (SSSR count). The molecule has 0 aliphatic carbocycles. The maximum absolute atomic E-state index is 13.1. The number of piperidine rings is 2. The summed E-state index contributed by atoms with van der Waals surface area (Å²) in [5.41, 5.74) is 1.37. The largest absolute Gasteiger partial charge is 0.454 e. The van der Waals surface area contributed by atoms with Crippen molar-refractivity contribution in [1.82, 2.24) is 4.90 Å². The van der Waals surface area contributed by atoms with Crippen LogP contribution in [0.5, 0.6) is 11.5 Å². The highest BCUT2D eigenvalue weighted by Gasteiger charge is 2.33. The number of fused-ring (bicyclic) bond motifs is 1. The zero-order valence-electron chi connectivity index (χ0n) is 19.4. The summed E-state index contributed by atoms with van der Waals surface area (Å²) in [5.74, 6) is 1.13. The van der Waals surface area contributed by atoms with Gasteiger partial charge in [-0.3, -0.25) is 19.7 Å². The van der Waals surface area contributed by atoms with E-state index >= 15 is 0 Å². The van der Waals surface area contributed by atoms with Crippen LogP contribution in [0.4, 0.5) is 17.1 Å². The third kappa shape index (κ3) is 4.87. The minimum absolute atomic E-state index is 0.0475. The Hall–Kier alpha value is -3.82. The molecular weight excluding hydrogens is 452 g/mol. The monoisotopic (exact) mass is 480 g/mol. The van der Waals surface area contributed by atoms with Crippen molar-refractivity contribution < 1.29 is 24.0 Å². The topological polar surface area (TPSA) is 114 Å². The second-order valence-corrected chi connectivity index (χ2v) is 9.16. The number of para-hydroxylation sites is 2. The number of hydrogen-bond donors (Lipinski definition) is 1. The molecule has 1 N–H and O–H groups in total. The van der Waals surface area contributed by atoms with Crippen LogP contribution in [0.2, 0.25) is 0 Å². The van der Waals surface area contributed by atoms with Gasteiger partial charge in [-0.2, -0.15) is 0 Å². The number of amides is 2. The minimum Gasteiger partial charge on any atom is -0.454 e. The van der Waals surface area contributed by atoms with Crippen molar-refractivity contribution in [3.05, 3.63) is 52.6 Å². The van der Waals surface area contributed by atoms with E-state index in [-0.39, 0.29) is 41.1 Å². The number of carbonyl (C=O) groups is 2. The fourth-order valence-electron chi connectivity index (χ4n) is 5.09. The molecular formula is C25H28N4O6. The Balaban J connectivity index is 1.10. The molecule has 2 aromatic rings. The van der Waals surface area contributed by atoms with Crippen LogP contribution < -0.4 is 19.7 Å². The first-order valence-corrected chi connectivity index (χ1v) is 12.0. The fraction of sp³-hybridized carbons (Fsp3) is 0.440. The molecule has 0 unspecified atom stereocenters. The van der Waals surface area contributed by atoms with E-state index in [0.29, 0.717) is 74.7 Å². The Morgan fingerprint density at radius 1 is 0.914 bits per heavy atom. The molecule has 2 aromatic carbocycles. The number of nitro groups is 1. The van der Waals surface area contributed by atoms with Crippen LogP contribution in [0.25, 0.3) is 0 Å². The van der Waals surface area contributed by atoms with E-state index in [2.05, 4.69) is 5.32 Å². The molecule has 0 atom stereocenters. The van der Waals surface area contributed by atoms with Gasteiger partial charge in [0.05, 0.1) is 4.92 Å². The molecule has 10 heteroatoms. The van der Waals surface area contributed by atoms with Gasteiger partial charge in [-0.1, -0.05) is 12.1 Å². The molecule has 2 amide bonds. The molecule has 0 spiro atoms. The van der Waals surface area contributed by atoms with Crippen molar-refractivity contribution in [3.63, 3.8) is 0 Å². The normalized spacial score (nSPS) is 18.4. The van der Waals surface area contributed by atoms with Gasteiger partial charge in [0.2, 0.25) is 18.6 Å². The van der Waals surface area contributed by atoms with Gasteiger partial charge in [0.15, 0.2) is 11.5 Å². The van der Waals surface area contributed by atoms with Crippen molar-refractivity contribution in [1.29, 1.82) is 0 Å². The Labute approximate surface area is 202 Å². The van der Waals surface area contributed by atoms with Crippen LogP contribution in [0.3, 0.4) is 0 Å². The average molecular weight is 481 g/mol. The fourth-order valence-corrected chi connectivity index (χ4v) is 5.09. The van der Waals surface area contributed by atoms with E-state index in [1.807, 2.05) is 9.80 Å².